The van der Waals surface area contributed by atoms with E-state index in [2.05, 4.69) is 186 Å². The summed E-state index contributed by atoms with van der Waals surface area (Å²) in [4.78, 5) is 14.1. The first-order valence-electron chi connectivity index (χ1n) is 19.8. The van der Waals surface area contributed by atoms with Crippen LogP contribution in [0, 0.1) is 62.3 Å². The zero-order chi connectivity index (χ0) is 40.0. The summed E-state index contributed by atoms with van der Waals surface area (Å²) in [5.74, 6) is 0. The predicted molar refractivity (Wildman–Crippen MR) is 245 cm³/mol. The van der Waals surface area contributed by atoms with Crippen molar-refractivity contribution in [2.24, 2.45) is 0 Å². The molecule has 3 nitrogen and oxygen atoms in total. The molecule has 10 rings (SSSR count). The number of pyridine rings is 3. The van der Waals surface area contributed by atoms with Gasteiger partial charge in [-0.15, -0.1) is 0 Å². The molecule has 280 valence electrons. The molecule has 3 heterocycles. The Bertz CT molecular complexity index is 3100. The Balaban J connectivity index is 0.000000120. The normalized spacial score (nSPS) is 11.2. The van der Waals surface area contributed by atoms with Crippen molar-refractivity contribution < 1.29 is 0 Å². The smallest absolute Gasteiger partial charge is 0.0968 e. The first-order valence-corrected chi connectivity index (χ1v) is 19.8. The Morgan fingerprint density at radius 3 is 1.67 bits per heavy atom. The molecule has 0 N–H and O–H groups in total. The lowest BCUT2D eigenvalue weighted by molar-refractivity contribution is 1.19. The van der Waals surface area contributed by atoms with Crippen molar-refractivity contribution in [1.29, 1.82) is 0 Å². The molecule has 0 aliphatic carbocycles. The Kier molecular flexibility index (Phi) is 10.0. The van der Waals surface area contributed by atoms with E-state index in [1.165, 1.54) is 87.8 Å². The largest absolute Gasteiger partial charge is 0.251 e. The van der Waals surface area contributed by atoms with E-state index in [0.717, 1.165) is 39.2 Å². The van der Waals surface area contributed by atoms with Crippen molar-refractivity contribution >= 4 is 54.1 Å². The van der Waals surface area contributed by atoms with Crippen LogP contribution in [-0.4, -0.2) is 15.0 Å². The highest BCUT2D eigenvalue weighted by molar-refractivity contribution is 6.24. The minimum atomic E-state index is 1.01. The van der Waals surface area contributed by atoms with Crippen LogP contribution in [0.15, 0.2) is 133 Å². The summed E-state index contributed by atoms with van der Waals surface area (Å²) in [5, 5.41) is 10.6. The third kappa shape index (κ3) is 7.46. The number of hydrogen-bond acceptors (Lipinski definition) is 3. The summed E-state index contributed by atoms with van der Waals surface area (Å²) in [6.45, 7) is 19.1. The van der Waals surface area contributed by atoms with Gasteiger partial charge in [-0.05, 0) is 164 Å². The van der Waals surface area contributed by atoms with E-state index >= 15 is 0 Å². The van der Waals surface area contributed by atoms with Crippen molar-refractivity contribution in [2.45, 2.75) is 62.3 Å². The van der Waals surface area contributed by atoms with Gasteiger partial charge in [-0.25, -0.2) is 4.98 Å². The molecule has 3 heteroatoms. The molecular weight excluding hydrogens is 691 g/mol. The van der Waals surface area contributed by atoms with Crippen molar-refractivity contribution in [3.63, 3.8) is 0 Å². The van der Waals surface area contributed by atoms with Crippen LogP contribution in [0.25, 0.3) is 76.6 Å². The van der Waals surface area contributed by atoms with Gasteiger partial charge in [0.05, 0.1) is 22.4 Å². The molecule has 0 saturated heterocycles. The number of rotatable bonds is 2. The van der Waals surface area contributed by atoms with Gasteiger partial charge in [-0.2, -0.15) is 0 Å². The van der Waals surface area contributed by atoms with Crippen LogP contribution in [0.1, 0.15) is 50.3 Å². The minimum Gasteiger partial charge on any atom is -0.251 e. The first-order chi connectivity index (χ1) is 27.4. The zero-order valence-corrected chi connectivity index (χ0v) is 34.5. The van der Waals surface area contributed by atoms with Crippen LogP contribution in [-0.2, 0) is 0 Å². The van der Waals surface area contributed by atoms with E-state index in [-0.39, 0.29) is 0 Å². The molecule has 0 spiro atoms. The lowest BCUT2D eigenvalue weighted by Crippen LogP contribution is -1.91. The standard InChI is InChI=1S/C20H19N.C19H16.C15H14N2/c1-14-6-4-7-17(12-14)19-8-5-9-20(21-19)18-11-10-15(2)16(3)13-18;1-11-8-14-4-5-16-10-12(2)13(3)17-7-6-15(9-11)18(14)19(16)17;1-9-8-13-7-6-12-5-4-10(2)16-14(12)15(13)17-11(9)3/h4-13H,1-3H3;4-10H,1-3H3;4-8H,1-3H3. The van der Waals surface area contributed by atoms with Crippen molar-refractivity contribution in [3.05, 3.63) is 184 Å². The highest BCUT2D eigenvalue weighted by Gasteiger charge is 2.12. The Morgan fingerprint density at radius 2 is 0.947 bits per heavy atom. The van der Waals surface area contributed by atoms with Crippen LogP contribution in [0.3, 0.4) is 0 Å². The van der Waals surface area contributed by atoms with Crippen LogP contribution in [0.5, 0.6) is 0 Å². The quantitative estimate of drug-likeness (QED) is 0.166. The minimum absolute atomic E-state index is 1.01. The SMILES string of the molecule is Cc1cc2ccc3cc(C)c(C)c4ccc(c1)c2c34.Cc1ccc2ccc3cc(C)c(C)nc3c2n1.Cc1cccc(-c2cccc(-c3ccc(C)c(C)c3)n2)c1. The van der Waals surface area contributed by atoms with E-state index in [1.807, 2.05) is 19.9 Å². The molecule has 0 unspecified atom stereocenters. The summed E-state index contributed by atoms with van der Waals surface area (Å²) in [6, 6.07) is 47.7. The first kappa shape index (κ1) is 37.5. The van der Waals surface area contributed by atoms with Crippen LogP contribution in [0.4, 0.5) is 0 Å². The summed E-state index contributed by atoms with van der Waals surface area (Å²) in [5.41, 5.74) is 17.7. The van der Waals surface area contributed by atoms with Crippen LogP contribution >= 0.6 is 0 Å². The molecule has 0 bridgehead atoms. The second kappa shape index (κ2) is 15.2. The Hall–Kier alpha value is -6.45. The fourth-order valence-electron chi connectivity index (χ4n) is 7.91. The number of aromatic nitrogens is 3. The van der Waals surface area contributed by atoms with Crippen LogP contribution < -0.4 is 0 Å². The van der Waals surface area contributed by atoms with E-state index in [4.69, 9.17) is 4.98 Å². The van der Waals surface area contributed by atoms with Crippen molar-refractivity contribution in [3.8, 4) is 22.5 Å². The third-order valence-corrected chi connectivity index (χ3v) is 11.5. The predicted octanol–water partition coefficient (Wildman–Crippen LogP) is 14.6. The van der Waals surface area contributed by atoms with E-state index in [0.29, 0.717) is 0 Å². The van der Waals surface area contributed by atoms with Gasteiger partial charge in [-0.1, -0.05) is 103 Å². The maximum atomic E-state index is 4.83. The Labute approximate surface area is 336 Å². The number of fused-ring (bicyclic) bond motifs is 3. The van der Waals surface area contributed by atoms with Gasteiger partial charge in [0.2, 0.25) is 0 Å². The second-order valence-corrected chi connectivity index (χ2v) is 15.8. The lowest BCUT2D eigenvalue weighted by Gasteiger charge is -2.14. The van der Waals surface area contributed by atoms with E-state index in [1.54, 1.807) is 0 Å². The summed E-state index contributed by atoms with van der Waals surface area (Å²) < 4.78 is 0. The monoisotopic (exact) mass is 739 g/mol. The average molecular weight is 740 g/mol. The maximum Gasteiger partial charge on any atom is 0.0968 e. The number of nitrogens with zero attached hydrogens (tertiary/aromatic N) is 3. The molecule has 0 fully saturated rings. The summed E-state index contributed by atoms with van der Waals surface area (Å²) in [6.07, 6.45) is 0. The molecule has 7 aromatic carbocycles. The fourth-order valence-corrected chi connectivity index (χ4v) is 7.91. The van der Waals surface area contributed by atoms with E-state index < -0.39 is 0 Å². The van der Waals surface area contributed by atoms with Gasteiger partial charge in [0.1, 0.15) is 0 Å². The lowest BCUT2D eigenvalue weighted by atomic mass is 9.89. The molecular formula is C54H49N3. The van der Waals surface area contributed by atoms with Gasteiger partial charge in [0.15, 0.2) is 0 Å². The van der Waals surface area contributed by atoms with Gasteiger partial charge in [-0.3, -0.25) is 9.97 Å². The molecule has 57 heavy (non-hydrogen) atoms. The van der Waals surface area contributed by atoms with Crippen molar-refractivity contribution in [1.82, 2.24) is 15.0 Å². The molecule has 0 aliphatic heterocycles. The second-order valence-electron chi connectivity index (χ2n) is 15.8. The number of hydrogen-bond donors (Lipinski definition) is 0. The average Bonchev–Trinajstić information content (AvgIpc) is 3.20. The highest BCUT2D eigenvalue weighted by Crippen LogP contribution is 2.37. The molecule has 0 atom stereocenters. The van der Waals surface area contributed by atoms with Gasteiger partial charge in [0, 0.05) is 33.3 Å². The molecule has 3 aromatic heterocycles. The third-order valence-electron chi connectivity index (χ3n) is 11.5. The van der Waals surface area contributed by atoms with Crippen LogP contribution in [0.2, 0.25) is 0 Å². The van der Waals surface area contributed by atoms with Gasteiger partial charge < -0.3 is 0 Å². The highest BCUT2D eigenvalue weighted by atomic mass is 14.8. The van der Waals surface area contributed by atoms with E-state index in [9.17, 15) is 0 Å². The maximum absolute atomic E-state index is 4.83. The number of aryl methyl sites for hydroxylation is 9. The van der Waals surface area contributed by atoms with Gasteiger partial charge >= 0.3 is 0 Å². The summed E-state index contributed by atoms with van der Waals surface area (Å²) >= 11 is 0. The number of benzene rings is 7. The topological polar surface area (TPSA) is 38.7 Å². The fraction of sp³-hybridized carbons (Fsp3) is 0.167. The molecule has 0 saturated carbocycles. The molecule has 0 aliphatic rings. The molecule has 0 amide bonds. The molecule has 10 aromatic rings. The van der Waals surface area contributed by atoms with Crippen molar-refractivity contribution in [2.75, 3.05) is 0 Å². The summed E-state index contributed by atoms with van der Waals surface area (Å²) in [7, 11) is 0. The Morgan fingerprint density at radius 1 is 0.351 bits per heavy atom. The van der Waals surface area contributed by atoms with Gasteiger partial charge in [0.25, 0.3) is 0 Å². The zero-order valence-electron chi connectivity index (χ0n) is 34.5. The molecule has 0 radical (unpaired) electrons.